The first kappa shape index (κ1) is 13.5. The summed E-state index contributed by atoms with van der Waals surface area (Å²) in [5, 5.41) is 6.47. The van der Waals surface area contributed by atoms with Crippen LogP contribution in [0.15, 0.2) is 24.3 Å². The van der Waals surface area contributed by atoms with E-state index in [1.54, 1.807) is 0 Å². The number of hydrogen-bond acceptors (Lipinski definition) is 6. The van der Waals surface area contributed by atoms with E-state index in [1.165, 1.54) is 0 Å². The summed E-state index contributed by atoms with van der Waals surface area (Å²) in [6, 6.07) is 7.89. The highest BCUT2D eigenvalue weighted by molar-refractivity contribution is 5.62. The highest BCUT2D eigenvalue weighted by Gasteiger charge is 2.13. The van der Waals surface area contributed by atoms with E-state index in [-0.39, 0.29) is 12.8 Å². The molecule has 0 amide bonds. The number of nitrogens with zero attached hydrogens (tertiary/aromatic N) is 2. The van der Waals surface area contributed by atoms with Crippen LogP contribution in [0.4, 0.5) is 17.5 Å². The van der Waals surface area contributed by atoms with Crippen LogP contribution in [0.5, 0.6) is 11.5 Å². The van der Waals surface area contributed by atoms with E-state index < -0.39 is 0 Å². The lowest BCUT2D eigenvalue weighted by atomic mass is 10.2. The quantitative estimate of drug-likeness (QED) is 0.900. The molecule has 0 saturated heterocycles. The largest absolute Gasteiger partial charge is 0.454 e. The van der Waals surface area contributed by atoms with Crippen molar-refractivity contribution in [2.24, 2.45) is 0 Å². The van der Waals surface area contributed by atoms with E-state index >= 15 is 0 Å². The maximum absolute atomic E-state index is 5.37. The van der Waals surface area contributed by atoms with E-state index in [0.29, 0.717) is 5.95 Å². The van der Waals surface area contributed by atoms with Gasteiger partial charge in [0, 0.05) is 29.6 Å². The van der Waals surface area contributed by atoms with Gasteiger partial charge in [-0.15, -0.1) is 0 Å². The number of aryl methyl sites for hydroxylation is 1. The van der Waals surface area contributed by atoms with Gasteiger partial charge in [0.25, 0.3) is 0 Å². The number of fused-ring (bicyclic) bond motifs is 1. The molecule has 2 aromatic rings. The third-order valence-electron chi connectivity index (χ3n) is 2.92. The first-order valence-electron chi connectivity index (χ1n) is 6.89. The molecule has 0 unspecified atom stereocenters. The van der Waals surface area contributed by atoms with Crippen molar-refractivity contribution in [3.8, 4) is 11.5 Å². The average molecular weight is 286 g/mol. The Hall–Kier alpha value is -2.50. The Bertz CT molecular complexity index is 658. The molecule has 110 valence electrons. The predicted molar refractivity (Wildman–Crippen MR) is 81.4 cm³/mol. The van der Waals surface area contributed by atoms with Crippen molar-refractivity contribution in [3.05, 3.63) is 30.0 Å². The second-order valence-corrected chi connectivity index (χ2v) is 5.21. The SMILES string of the molecule is Cc1cc(Nc2ccc3c(c2)OCO3)nc(NC(C)C)n1. The maximum Gasteiger partial charge on any atom is 0.231 e. The van der Waals surface area contributed by atoms with Crippen LogP contribution in [-0.2, 0) is 0 Å². The fourth-order valence-corrected chi connectivity index (χ4v) is 2.08. The minimum atomic E-state index is 0.272. The topological polar surface area (TPSA) is 68.3 Å². The van der Waals surface area contributed by atoms with Crippen molar-refractivity contribution in [2.75, 3.05) is 17.4 Å². The lowest BCUT2D eigenvalue weighted by molar-refractivity contribution is 0.174. The van der Waals surface area contributed by atoms with Crippen LogP contribution in [-0.4, -0.2) is 22.8 Å². The monoisotopic (exact) mass is 286 g/mol. The normalized spacial score (nSPS) is 12.6. The van der Waals surface area contributed by atoms with Gasteiger partial charge >= 0.3 is 0 Å². The summed E-state index contributed by atoms with van der Waals surface area (Å²) < 4.78 is 10.7. The third kappa shape index (κ3) is 3.16. The van der Waals surface area contributed by atoms with Crippen LogP contribution in [0.2, 0.25) is 0 Å². The Morgan fingerprint density at radius 2 is 1.90 bits per heavy atom. The second kappa shape index (κ2) is 5.47. The number of anilines is 3. The van der Waals surface area contributed by atoms with Crippen molar-refractivity contribution in [2.45, 2.75) is 26.8 Å². The van der Waals surface area contributed by atoms with Crippen LogP contribution in [0.3, 0.4) is 0 Å². The molecule has 0 atom stereocenters. The summed E-state index contributed by atoms with van der Waals surface area (Å²) in [6.07, 6.45) is 0. The molecule has 1 aliphatic rings. The lowest BCUT2D eigenvalue weighted by Crippen LogP contribution is -2.13. The Morgan fingerprint density at radius 1 is 1.10 bits per heavy atom. The predicted octanol–water partition coefficient (Wildman–Crippen LogP) is 3.08. The Labute approximate surface area is 123 Å². The molecule has 21 heavy (non-hydrogen) atoms. The lowest BCUT2D eigenvalue weighted by Gasteiger charge is -2.12. The van der Waals surface area contributed by atoms with Gasteiger partial charge < -0.3 is 20.1 Å². The van der Waals surface area contributed by atoms with Gasteiger partial charge in [0.2, 0.25) is 12.7 Å². The average Bonchev–Trinajstić information content (AvgIpc) is 2.84. The highest BCUT2D eigenvalue weighted by atomic mass is 16.7. The Balaban J connectivity index is 1.82. The van der Waals surface area contributed by atoms with Crippen molar-refractivity contribution < 1.29 is 9.47 Å². The van der Waals surface area contributed by atoms with Gasteiger partial charge in [-0.3, -0.25) is 0 Å². The third-order valence-corrected chi connectivity index (χ3v) is 2.92. The molecule has 1 aromatic heterocycles. The minimum Gasteiger partial charge on any atom is -0.454 e. The molecule has 0 fully saturated rings. The van der Waals surface area contributed by atoms with Crippen molar-refractivity contribution >= 4 is 17.5 Å². The molecule has 0 radical (unpaired) electrons. The molecule has 2 N–H and O–H groups in total. The summed E-state index contributed by atoms with van der Waals surface area (Å²) in [5.41, 5.74) is 1.80. The number of rotatable bonds is 4. The molecule has 3 rings (SSSR count). The molecule has 1 aliphatic heterocycles. The van der Waals surface area contributed by atoms with Crippen molar-refractivity contribution in [1.82, 2.24) is 9.97 Å². The maximum atomic E-state index is 5.37. The van der Waals surface area contributed by atoms with E-state index in [4.69, 9.17) is 9.47 Å². The Kier molecular flexibility index (Phi) is 3.51. The Morgan fingerprint density at radius 3 is 2.71 bits per heavy atom. The van der Waals surface area contributed by atoms with Gasteiger partial charge in [-0.05, 0) is 32.9 Å². The fraction of sp³-hybridized carbons (Fsp3) is 0.333. The number of hydrogen-bond donors (Lipinski definition) is 2. The molecule has 0 saturated carbocycles. The van der Waals surface area contributed by atoms with Crippen molar-refractivity contribution in [1.29, 1.82) is 0 Å². The van der Waals surface area contributed by atoms with Gasteiger partial charge in [-0.1, -0.05) is 0 Å². The van der Waals surface area contributed by atoms with Gasteiger partial charge in [0.15, 0.2) is 11.5 Å². The number of nitrogens with one attached hydrogen (secondary N) is 2. The minimum absolute atomic E-state index is 0.272. The summed E-state index contributed by atoms with van der Waals surface area (Å²) in [6.45, 7) is 6.32. The zero-order chi connectivity index (χ0) is 14.8. The number of ether oxygens (including phenoxy) is 2. The van der Waals surface area contributed by atoms with Crippen LogP contribution in [0, 0.1) is 6.92 Å². The first-order chi connectivity index (χ1) is 10.1. The van der Waals surface area contributed by atoms with E-state index in [1.807, 2.05) is 31.2 Å². The van der Waals surface area contributed by atoms with E-state index in [9.17, 15) is 0 Å². The van der Waals surface area contributed by atoms with Crippen LogP contribution in [0.25, 0.3) is 0 Å². The van der Waals surface area contributed by atoms with E-state index in [0.717, 1.165) is 28.7 Å². The molecule has 2 heterocycles. The van der Waals surface area contributed by atoms with Crippen LogP contribution >= 0.6 is 0 Å². The second-order valence-electron chi connectivity index (χ2n) is 5.21. The zero-order valence-corrected chi connectivity index (χ0v) is 12.3. The summed E-state index contributed by atoms with van der Waals surface area (Å²) in [4.78, 5) is 8.82. The molecule has 6 heteroatoms. The summed E-state index contributed by atoms with van der Waals surface area (Å²) in [5.74, 6) is 2.87. The molecular formula is C15H18N4O2. The molecule has 0 aliphatic carbocycles. The summed E-state index contributed by atoms with van der Waals surface area (Å²) in [7, 11) is 0. The van der Waals surface area contributed by atoms with Crippen LogP contribution < -0.4 is 20.1 Å². The smallest absolute Gasteiger partial charge is 0.231 e. The highest BCUT2D eigenvalue weighted by Crippen LogP contribution is 2.34. The zero-order valence-electron chi connectivity index (χ0n) is 12.3. The summed E-state index contributed by atoms with van der Waals surface area (Å²) >= 11 is 0. The van der Waals surface area contributed by atoms with Gasteiger partial charge in [0.05, 0.1) is 0 Å². The van der Waals surface area contributed by atoms with Gasteiger partial charge in [-0.2, -0.15) is 4.98 Å². The molecule has 0 bridgehead atoms. The van der Waals surface area contributed by atoms with Gasteiger partial charge in [-0.25, -0.2) is 4.98 Å². The fourth-order valence-electron chi connectivity index (χ4n) is 2.08. The standard InChI is InChI=1S/C15H18N4O2/c1-9(2)16-15-17-10(3)6-14(19-15)18-11-4-5-12-13(7-11)21-8-20-12/h4-7,9H,8H2,1-3H3,(H2,16,17,18,19). The number of aromatic nitrogens is 2. The molecular weight excluding hydrogens is 268 g/mol. The van der Waals surface area contributed by atoms with Gasteiger partial charge in [0.1, 0.15) is 5.82 Å². The molecule has 6 nitrogen and oxygen atoms in total. The van der Waals surface area contributed by atoms with Crippen molar-refractivity contribution in [3.63, 3.8) is 0 Å². The van der Waals surface area contributed by atoms with Crippen LogP contribution in [0.1, 0.15) is 19.5 Å². The number of benzene rings is 1. The molecule has 0 spiro atoms. The van der Waals surface area contributed by atoms with E-state index in [2.05, 4.69) is 34.4 Å². The molecule has 1 aromatic carbocycles. The first-order valence-corrected chi connectivity index (χ1v) is 6.89.